The number of benzene rings is 3. The van der Waals surface area contributed by atoms with Gasteiger partial charge in [0.2, 0.25) is 11.8 Å². The first-order chi connectivity index (χ1) is 22.1. The molecule has 12 heteroatoms. The molecule has 1 aliphatic heterocycles. The van der Waals surface area contributed by atoms with E-state index in [1.165, 1.54) is 43.3 Å². The standard InChI is InChI=1S/C34H26F3N5O4/c1-19(43)41-10-9-24(41)17-42-31-13-21(34(44)45)7-8-30(31)39-32(42)14-23-12-28(37)25(15-27(23)36)29-3-2-4-33(40-29)46-18-22-6-5-20(16-38)11-26(22)35/h2-8,11-13,15,24H,9-10,14,17-18H2,1H3,(H,44,45)/t24-/m1/s1. The highest BCUT2D eigenvalue weighted by atomic mass is 19.1. The number of carbonyl (C=O) groups is 2. The highest BCUT2D eigenvalue weighted by Crippen LogP contribution is 2.30. The van der Waals surface area contributed by atoms with Gasteiger partial charge in [-0.2, -0.15) is 5.26 Å². The van der Waals surface area contributed by atoms with E-state index < -0.39 is 23.4 Å². The second-order valence-electron chi connectivity index (χ2n) is 11.0. The van der Waals surface area contributed by atoms with Gasteiger partial charge in [0, 0.05) is 43.6 Å². The van der Waals surface area contributed by atoms with Crippen LogP contribution < -0.4 is 4.74 Å². The monoisotopic (exact) mass is 625 g/mol. The van der Waals surface area contributed by atoms with Crippen molar-refractivity contribution < 1.29 is 32.6 Å². The van der Waals surface area contributed by atoms with E-state index in [2.05, 4.69) is 9.97 Å². The topological polar surface area (TPSA) is 121 Å². The van der Waals surface area contributed by atoms with Crippen LogP contribution in [0.4, 0.5) is 13.2 Å². The molecular weight excluding hydrogens is 599 g/mol. The molecule has 3 heterocycles. The third kappa shape index (κ3) is 5.99. The molecule has 6 rings (SSSR count). The van der Waals surface area contributed by atoms with E-state index >= 15 is 8.78 Å². The van der Waals surface area contributed by atoms with Crippen LogP contribution in [0, 0.1) is 28.8 Å². The van der Waals surface area contributed by atoms with Gasteiger partial charge in [-0.15, -0.1) is 0 Å². The van der Waals surface area contributed by atoms with Crippen molar-refractivity contribution in [3.63, 3.8) is 0 Å². The second-order valence-corrected chi connectivity index (χ2v) is 11.0. The van der Waals surface area contributed by atoms with Crippen molar-refractivity contribution in [2.45, 2.75) is 39.0 Å². The molecule has 46 heavy (non-hydrogen) atoms. The van der Waals surface area contributed by atoms with Crippen LogP contribution >= 0.6 is 0 Å². The lowest BCUT2D eigenvalue weighted by Crippen LogP contribution is -2.52. The Morgan fingerprint density at radius 2 is 1.80 bits per heavy atom. The van der Waals surface area contributed by atoms with Gasteiger partial charge in [0.25, 0.3) is 0 Å². The van der Waals surface area contributed by atoms with E-state index in [1.54, 1.807) is 21.6 Å². The predicted octanol–water partition coefficient (Wildman–Crippen LogP) is 5.88. The van der Waals surface area contributed by atoms with Crippen LogP contribution in [0.25, 0.3) is 22.3 Å². The molecule has 0 bridgehead atoms. The predicted molar refractivity (Wildman–Crippen MR) is 160 cm³/mol. The molecule has 0 radical (unpaired) electrons. The lowest BCUT2D eigenvalue weighted by Gasteiger charge is -2.41. The van der Waals surface area contributed by atoms with Crippen LogP contribution in [0.2, 0.25) is 0 Å². The molecule has 5 aromatic rings. The zero-order valence-corrected chi connectivity index (χ0v) is 24.5. The molecule has 3 aromatic carbocycles. The number of ether oxygens (including phenoxy) is 1. The van der Waals surface area contributed by atoms with Crippen molar-refractivity contribution in [3.8, 4) is 23.2 Å². The summed E-state index contributed by atoms with van der Waals surface area (Å²) in [6.45, 7) is 2.22. The Labute approximate surface area is 261 Å². The van der Waals surface area contributed by atoms with Crippen LogP contribution in [0.1, 0.15) is 46.2 Å². The molecular formula is C34H26F3N5O4. The summed E-state index contributed by atoms with van der Waals surface area (Å²) < 4.78 is 52.7. The van der Waals surface area contributed by atoms with Gasteiger partial charge in [-0.1, -0.05) is 12.1 Å². The first-order valence-electron chi connectivity index (χ1n) is 14.4. The molecule has 2 aromatic heterocycles. The van der Waals surface area contributed by atoms with Gasteiger partial charge >= 0.3 is 5.97 Å². The molecule has 232 valence electrons. The third-order valence-electron chi connectivity index (χ3n) is 8.06. The zero-order chi connectivity index (χ0) is 32.5. The lowest BCUT2D eigenvalue weighted by molar-refractivity contribution is -0.136. The fourth-order valence-electron chi connectivity index (χ4n) is 5.52. The first-order valence-corrected chi connectivity index (χ1v) is 14.4. The average Bonchev–Trinajstić information content (AvgIpc) is 3.35. The number of aromatic nitrogens is 3. The van der Waals surface area contributed by atoms with Crippen LogP contribution in [0.3, 0.4) is 0 Å². The SMILES string of the molecule is CC(=O)N1CC[C@@H]1Cn1c(Cc2cc(F)c(-c3cccc(OCc4ccc(C#N)cc4F)n3)cc2F)nc2ccc(C(=O)O)cc21. The van der Waals surface area contributed by atoms with Crippen molar-refractivity contribution in [1.29, 1.82) is 5.26 Å². The molecule has 1 fully saturated rings. The number of amides is 1. The van der Waals surface area contributed by atoms with E-state index in [9.17, 15) is 19.1 Å². The number of nitriles is 1. The fourth-order valence-corrected chi connectivity index (χ4v) is 5.52. The number of aromatic carboxylic acids is 1. The molecule has 0 unspecified atom stereocenters. The number of rotatable bonds is 9. The summed E-state index contributed by atoms with van der Waals surface area (Å²) in [5, 5.41) is 18.5. The van der Waals surface area contributed by atoms with Crippen molar-refractivity contribution in [1.82, 2.24) is 19.4 Å². The number of imidazole rings is 1. The number of hydrogen-bond acceptors (Lipinski definition) is 6. The van der Waals surface area contributed by atoms with Crippen LogP contribution in [0.5, 0.6) is 5.88 Å². The van der Waals surface area contributed by atoms with Crippen LogP contribution in [-0.2, 0) is 24.4 Å². The van der Waals surface area contributed by atoms with E-state index in [0.717, 1.165) is 24.6 Å². The number of carbonyl (C=O) groups excluding carboxylic acids is 1. The molecule has 9 nitrogen and oxygen atoms in total. The quantitative estimate of drug-likeness (QED) is 0.217. The second kappa shape index (κ2) is 12.4. The normalized spacial score (nSPS) is 14.2. The lowest BCUT2D eigenvalue weighted by atomic mass is 10.0. The summed E-state index contributed by atoms with van der Waals surface area (Å²) in [5.41, 5.74) is 1.45. The number of fused-ring (bicyclic) bond motifs is 1. The Morgan fingerprint density at radius 3 is 2.50 bits per heavy atom. The van der Waals surface area contributed by atoms with E-state index in [4.69, 9.17) is 10.00 Å². The minimum absolute atomic E-state index is 0.0250. The Bertz CT molecular complexity index is 2060. The van der Waals surface area contributed by atoms with E-state index in [1.807, 2.05) is 6.07 Å². The average molecular weight is 626 g/mol. The maximum absolute atomic E-state index is 15.6. The van der Waals surface area contributed by atoms with Gasteiger partial charge in [0.05, 0.1) is 40.0 Å². The molecule has 0 saturated carbocycles. The van der Waals surface area contributed by atoms with Crippen LogP contribution in [0.15, 0.2) is 66.7 Å². The third-order valence-corrected chi connectivity index (χ3v) is 8.06. The van der Waals surface area contributed by atoms with Crippen molar-refractivity contribution in [2.75, 3.05) is 6.54 Å². The number of carboxylic acid groups (broad SMARTS) is 1. The smallest absolute Gasteiger partial charge is 0.335 e. The highest BCUT2D eigenvalue weighted by molar-refractivity contribution is 5.92. The number of pyridine rings is 1. The number of likely N-dealkylation sites (tertiary alicyclic amines) is 1. The Hall–Kier alpha value is -5.70. The summed E-state index contributed by atoms with van der Waals surface area (Å²) >= 11 is 0. The molecule has 1 aliphatic rings. The Kier molecular flexibility index (Phi) is 8.15. The van der Waals surface area contributed by atoms with Crippen molar-refractivity contribution in [3.05, 3.63) is 112 Å². The summed E-state index contributed by atoms with van der Waals surface area (Å²) in [7, 11) is 0. The van der Waals surface area contributed by atoms with Gasteiger partial charge in [-0.25, -0.2) is 27.9 Å². The molecule has 1 N–H and O–H groups in total. The largest absolute Gasteiger partial charge is 0.478 e. The molecule has 1 atom stereocenters. The van der Waals surface area contributed by atoms with E-state index in [0.29, 0.717) is 29.9 Å². The summed E-state index contributed by atoms with van der Waals surface area (Å²) in [6.07, 6.45) is 0.646. The maximum Gasteiger partial charge on any atom is 0.335 e. The van der Waals surface area contributed by atoms with Gasteiger partial charge in [-0.05, 0) is 60.5 Å². The fraction of sp³-hybridized carbons (Fsp3) is 0.206. The molecule has 0 aliphatic carbocycles. The number of halogens is 3. The molecule has 1 saturated heterocycles. The first kappa shape index (κ1) is 30.3. The van der Waals surface area contributed by atoms with Gasteiger partial charge < -0.3 is 19.3 Å². The van der Waals surface area contributed by atoms with E-state index in [-0.39, 0.29) is 64.4 Å². The number of hydrogen-bond donors (Lipinski definition) is 1. The minimum atomic E-state index is -1.11. The van der Waals surface area contributed by atoms with Crippen molar-refractivity contribution >= 4 is 22.9 Å². The van der Waals surface area contributed by atoms with Crippen LogP contribution in [-0.4, -0.2) is 49.0 Å². The Balaban J connectivity index is 1.27. The van der Waals surface area contributed by atoms with Crippen molar-refractivity contribution in [2.24, 2.45) is 0 Å². The molecule has 0 spiro atoms. The Morgan fingerprint density at radius 1 is 1.00 bits per heavy atom. The summed E-state index contributed by atoms with van der Waals surface area (Å²) in [4.78, 5) is 34.3. The highest BCUT2D eigenvalue weighted by Gasteiger charge is 2.31. The van der Waals surface area contributed by atoms with Gasteiger partial charge in [0.1, 0.15) is 29.9 Å². The minimum Gasteiger partial charge on any atom is -0.478 e. The number of nitrogens with zero attached hydrogens (tertiary/aromatic N) is 5. The van der Waals surface area contributed by atoms with Gasteiger partial charge in [-0.3, -0.25) is 4.79 Å². The van der Waals surface area contributed by atoms with Gasteiger partial charge in [0.15, 0.2) is 0 Å². The molecule has 1 amide bonds. The number of carboxylic acids is 1. The summed E-state index contributed by atoms with van der Waals surface area (Å²) in [5.74, 6) is -2.80. The summed E-state index contributed by atoms with van der Waals surface area (Å²) in [6, 6.07) is 16.8. The zero-order valence-electron chi connectivity index (χ0n) is 24.5. The maximum atomic E-state index is 15.6.